The van der Waals surface area contributed by atoms with Crippen LogP contribution in [-0.2, 0) is 34.5 Å². The maximum absolute atomic E-state index is 13.1. The number of hydrogen-bond donors (Lipinski definition) is 0. The number of halogens is 12. The summed E-state index contributed by atoms with van der Waals surface area (Å²) in [5.41, 5.74) is -9.35. The Morgan fingerprint density at radius 1 is 0.486 bits per heavy atom. The molecule has 0 aromatic heterocycles. The Balaban J connectivity index is 2.67. The van der Waals surface area contributed by atoms with E-state index in [1.165, 1.54) is 0 Å². The van der Waals surface area contributed by atoms with Crippen molar-refractivity contribution in [3.8, 4) is 0 Å². The predicted octanol–water partition coefficient (Wildman–Crippen LogP) is 8.00. The molecule has 0 aliphatic carbocycles. The lowest BCUT2D eigenvalue weighted by molar-refractivity contribution is -0.144. The minimum atomic E-state index is -5.31. The molecule has 2 atom stereocenters. The van der Waals surface area contributed by atoms with Crippen LogP contribution in [0.5, 0.6) is 0 Å². The van der Waals surface area contributed by atoms with Crippen LogP contribution >= 0.6 is 0 Å². The summed E-state index contributed by atoms with van der Waals surface area (Å²) in [6.45, 7) is 1.36. The van der Waals surface area contributed by atoms with E-state index in [2.05, 4.69) is 0 Å². The summed E-state index contributed by atoms with van der Waals surface area (Å²) in [5, 5.41) is -4.32. The van der Waals surface area contributed by atoms with Gasteiger partial charge in [0.15, 0.2) is 9.84 Å². The molecule has 0 heterocycles. The third-order valence-electron chi connectivity index (χ3n) is 5.14. The lowest BCUT2D eigenvalue weighted by atomic mass is 10.0. The van der Waals surface area contributed by atoms with Gasteiger partial charge in [-0.05, 0) is 61.4 Å². The first kappa shape index (κ1) is 28.8. The molecular formula is C20H14F12O2S. The Labute approximate surface area is 190 Å². The highest BCUT2D eigenvalue weighted by atomic mass is 32.2. The number of sulfone groups is 1. The third kappa shape index (κ3) is 6.41. The van der Waals surface area contributed by atoms with E-state index in [-0.39, 0.29) is 36.4 Å². The summed E-state index contributed by atoms with van der Waals surface area (Å²) in [5.74, 6) is 0. The van der Waals surface area contributed by atoms with Crippen LogP contribution in [0, 0.1) is 0 Å². The van der Waals surface area contributed by atoms with Gasteiger partial charge in [-0.25, -0.2) is 8.42 Å². The quantitative estimate of drug-likeness (QED) is 0.365. The van der Waals surface area contributed by atoms with E-state index in [9.17, 15) is 61.1 Å². The SMILES string of the molecule is CC(c1cc(C(F)(F)F)cc(C(F)(F)F)c1)S(=O)(=O)C(C)c1cc(C(F)(F)F)cc(C(F)(F)F)c1. The lowest BCUT2D eigenvalue weighted by Gasteiger charge is -2.23. The Bertz CT molecular complexity index is 1040. The summed E-state index contributed by atoms with van der Waals surface area (Å²) in [6, 6.07) is -0.0206. The summed E-state index contributed by atoms with van der Waals surface area (Å²) in [7, 11) is -4.96. The molecule has 0 fully saturated rings. The molecule has 0 saturated heterocycles. The summed E-state index contributed by atoms with van der Waals surface area (Å²) >= 11 is 0. The van der Waals surface area contributed by atoms with Gasteiger partial charge in [0.25, 0.3) is 0 Å². The molecule has 2 nitrogen and oxygen atoms in total. The van der Waals surface area contributed by atoms with Crippen molar-refractivity contribution in [3.05, 3.63) is 69.8 Å². The van der Waals surface area contributed by atoms with Crippen molar-refractivity contribution in [2.45, 2.75) is 49.1 Å². The maximum Gasteiger partial charge on any atom is 0.416 e. The van der Waals surface area contributed by atoms with Gasteiger partial charge in [-0.1, -0.05) is 0 Å². The fourth-order valence-corrected chi connectivity index (χ4v) is 4.76. The van der Waals surface area contributed by atoms with Crippen LogP contribution in [0.3, 0.4) is 0 Å². The molecule has 0 aliphatic heterocycles. The molecule has 2 aromatic carbocycles. The zero-order valence-electron chi connectivity index (χ0n) is 17.4. The Morgan fingerprint density at radius 2 is 0.686 bits per heavy atom. The van der Waals surface area contributed by atoms with Crippen molar-refractivity contribution >= 4 is 9.84 Å². The fourth-order valence-electron chi connectivity index (χ4n) is 3.11. The Kier molecular flexibility index (Phi) is 7.31. The van der Waals surface area contributed by atoms with Gasteiger partial charge in [0.05, 0.1) is 32.8 Å². The second kappa shape index (κ2) is 8.89. The smallest absolute Gasteiger partial charge is 0.228 e. The highest BCUT2D eigenvalue weighted by Crippen LogP contribution is 2.43. The molecule has 0 aliphatic rings. The van der Waals surface area contributed by atoms with Gasteiger partial charge in [-0.2, -0.15) is 52.7 Å². The number of hydrogen-bond acceptors (Lipinski definition) is 2. The van der Waals surface area contributed by atoms with Crippen LogP contribution in [-0.4, -0.2) is 8.42 Å². The van der Waals surface area contributed by atoms with E-state index < -0.39 is 78.4 Å². The number of benzene rings is 2. The van der Waals surface area contributed by atoms with Gasteiger partial charge in [-0.3, -0.25) is 0 Å². The normalized spacial score (nSPS) is 15.7. The first-order valence-electron chi connectivity index (χ1n) is 9.27. The molecular weight excluding hydrogens is 532 g/mol. The summed E-state index contributed by atoms with van der Waals surface area (Å²) < 4.78 is 183. The van der Waals surface area contributed by atoms with E-state index in [0.29, 0.717) is 13.8 Å². The molecule has 0 N–H and O–H groups in total. The molecule has 35 heavy (non-hydrogen) atoms. The molecule has 0 bridgehead atoms. The molecule has 0 saturated carbocycles. The molecule has 0 amide bonds. The highest BCUT2D eigenvalue weighted by Gasteiger charge is 2.41. The average molecular weight is 546 g/mol. The van der Waals surface area contributed by atoms with E-state index in [0.717, 1.165) is 0 Å². The van der Waals surface area contributed by atoms with Crippen LogP contribution in [0.1, 0.15) is 57.7 Å². The van der Waals surface area contributed by atoms with Gasteiger partial charge in [0.1, 0.15) is 0 Å². The maximum atomic E-state index is 13.1. The average Bonchev–Trinajstić information content (AvgIpc) is 2.69. The van der Waals surface area contributed by atoms with Crippen molar-refractivity contribution in [2.24, 2.45) is 0 Å². The Hall–Kier alpha value is -2.45. The summed E-state index contributed by atoms with van der Waals surface area (Å²) in [6.07, 6.45) is -21.2. The van der Waals surface area contributed by atoms with Crippen LogP contribution in [0.4, 0.5) is 52.7 Å². The van der Waals surface area contributed by atoms with Gasteiger partial charge < -0.3 is 0 Å². The minimum Gasteiger partial charge on any atom is -0.228 e. The first-order valence-corrected chi connectivity index (χ1v) is 10.9. The van der Waals surface area contributed by atoms with Crippen molar-refractivity contribution in [3.63, 3.8) is 0 Å². The molecule has 0 spiro atoms. The largest absolute Gasteiger partial charge is 0.416 e. The van der Waals surface area contributed by atoms with Crippen LogP contribution in [0.2, 0.25) is 0 Å². The summed E-state index contributed by atoms with van der Waals surface area (Å²) in [4.78, 5) is 0. The standard InChI is InChI=1S/C20H14F12O2S/c1-9(11-3-13(17(21,22)23)7-14(4-11)18(24,25)26)35(33,34)10(2)12-5-15(19(27,28)29)8-16(6-12)20(30,31)32/h3-10H,1-2H3. The molecule has 2 aromatic rings. The molecule has 0 radical (unpaired) electrons. The lowest BCUT2D eigenvalue weighted by Crippen LogP contribution is -2.20. The minimum absolute atomic E-state index is 0.122. The highest BCUT2D eigenvalue weighted by molar-refractivity contribution is 7.91. The Morgan fingerprint density at radius 3 is 0.857 bits per heavy atom. The van der Waals surface area contributed by atoms with Crippen molar-refractivity contribution in [1.29, 1.82) is 0 Å². The van der Waals surface area contributed by atoms with Gasteiger partial charge >= 0.3 is 24.7 Å². The molecule has 2 unspecified atom stereocenters. The second-order valence-electron chi connectivity index (χ2n) is 7.55. The number of rotatable bonds is 4. The van der Waals surface area contributed by atoms with Crippen molar-refractivity contribution in [1.82, 2.24) is 0 Å². The van der Waals surface area contributed by atoms with Crippen LogP contribution < -0.4 is 0 Å². The third-order valence-corrected chi connectivity index (χ3v) is 7.66. The molecule has 15 heteroatoms. The van der Waals surface area contributed by atoms with E-state index in [1.807, 2.05) is 0 Å². The predicted molar refractivity (Wildman–Crippen MR) is 98.6 cm³/mol. The van der Waals surface area contributed by atoms with E-state index in [1.54, 1.807) is 0 Å². The van der Waals surface area contributed by atoms with Crippen molar-refractivity contribution < 1.29 is 61.1 Å². The second-order valence-corrected chi connectivity index (χ2v) is 10.1. The van der Waals surface area contributed by atoms with E-state index >= 15 is 0 Å². The fraction of sp³-hybridized carbons (Fsp3) is 0.400. The van der Waals surface area contributed by atoms with Crippen LogP contribution in [0.25, 0.3) is 0 Å². The molecule has 196 valence electrons. The number of alkyl halides is 12. The van der Waals surface area contributed by atoms with E-state index in [4.69, 9.17) is 0 Å². The van der Waals surface area contributed by atoms with Crippen LogP contribution in [0.15, 0.2) is 36.4 Å². The van der Waals surface area contributed by atoms with Crippen molar-refractivity contribution in [2.75, 3.05) is 0 Å². The molecule has 2 rings (SSSR count). The van der Waals surface area contributed by atoms with Gasteiger partial charge in [-0.15, -0.1) is 0 Å². The van der Waals surface area contributed by atoms with Gasteiger partial charge in [0.2, 0.25) is 0 Å². The topological polar surface area (TPSA) is 34.1 Å². The zero-order valence-corrected chi connectivity index (χ0v) is 18.2. The zero-order chi connectivity index (χ0) is 27.4. The monoisotopic (exact) mass is 546 g/mol. The first-order chi connectivity index (χ1) is 15.5. The van der Waals surface area contributed by atoms with Gasteiger partial charge in [0, 0.05) is 0 Å².